The minimum atomic E-state index is -1.55. The molecule has 17 heteroatoms. The van der Waals surface area contributed by atoms with Crippen LogP contribution in [0.25, 0.3) is 0 Å². The molecule has 0 radical (unpaired) electrons. The number of rotatable bonds is 11. The lowest BCUT2D eigenvalue weighted by molar-refractivity contribution is -0.290. The Labute approximate surface area is 241 Å². The van der Waals surface area contributed by atoms with Gasteiger partial charge in [0, 0.05) is 55.0 Å². The van der Waals surface area contributed by atoms with E-state index in [0.29, 0.717) is 0 Å². The summed E-state index contributed by atoms with van der Waals surface area (Å²) in [5.41, 5.74) is 0. The smallest absolute Gasteiger partial charge is 0.305 e. The van der Waals surface area contributed by atoms with Crippen LogP contribution in [0.1, 0.15) is 48.5 Å². The first-order chi connectivity index (χ1) is 19.6. The topological polar surface area (TPSA) is 217 Å². The van der Waals surface area contributed by atoms with Crippen LogP contribution in [-0.4, -0.2) is 110 Å². The van der Waals surface area contributed by atoms with Crippen LogP contribution in [0.2, 0.25) is 0 Å². The van der Waals surface area contributed by atoms with Gasteiger partial charge in [0.2, 0.25) is 18.1 Å². The van der Waals surface area contributed by atoms with E-state index in [1.807, 2.05) is 0 Å². The van der Waals surface area contributed by atoms with Crippen molar-refractivity contribution < 1.29 is 71.5 Å². The normalized spacial score (nSPS) is 30.3. The number of hydrogen-bond acceptors (Lipinski definition) is 15. The van der Waals surface area contributed by atoms with E-state index in [9.17, 15) is 33.6 Å². The average Bonchev–Trinajstić information content (AvgIpc) is 3.13. The lowest BCUT2D eigenvalue weighted by Crippen LogP contribution is -2.68. The Morgan fingerprint density at radius 2 is 1.10 bits per heavy atom. The third kappa shape index (κ3) is 10.2. The van der Waals surface area contributed by atoms with E-state index >= 15 is 0 Å². The van der Waals surface area contributed by atoms with Crippen molar-refractivity contribution in [2.45, 2.75) is 104 Å². The van der Waals surface area contributed by atoms with Gasteiger partial charge in [-0.2, -0.15) is 0 Å². The molecule has 0 aromatic carbocycles. The first-order valence-electron chi connectivity index (χ1n) is 12.9. The van der Waals surface area contributed by atoms with Crippen molar-refractivity contribution in [3.8, 4) is 0 Å². The standard InChI is InChI=1S/C25H36N2O15/c1-10(28)26-8-17-20(36-13(4)31)22(37-14(5)32)19(27-11(2)29)24(40-17)42-21-18(9-35-12(3)30)41-25(39-16(7)34)23(21)38-15(6)33/h17-25H,8-9H2,1-7H3,(H,26,28)(H,27,29)/t17-,18+,19+,20+,21+,22+,23+,24+,25?/m0/s1. The summed E-state index contributed by atoms with van der Waals surface area (Å²) >= 11 is 0. The molecular weight excluding hydrogens is 568 g/mol. The van der Waals surface area contributed by atoms with E-state index in [0.717, 1.165) is 41.5 Å². The number of ether oxygens (including phenoxy) is 8. The number of esters is 5. The van der Waals surface area contributed by atoms with E-state index in [1.165, 1.54) is 6.92 Å². The van der Waals surface area contributed by atoms with Crippen LogP contribution in [0, 0.1) is 0 Å². The highest BCUT2D eigenvalue weighted by atomic mass is 16.8. The second-order valence-electron chi connectivity index (χ2n) is 9.48. The van der Waals surface area contributed by atoms with Crippen LogP contribution in [-0.2, 0) is 71.5 Å². The molecule has 2 N–H and O–H groups in total. The molecule has 0 bridgehead atoms. The predicted octanol–water partition coefficient (Wildman–Crippen LogP) is -1.62. The van der Waals surface area contributed by atoms with Gasteiger partial charge in [-0.15, -0.1) is 0 Å². The molecule has 2 amide bonds. The van der Waals surface area contributed by atoms with Crippen LogP contribution in [0.15, 0.2) is 0 Å². The van der Waals surface area contributed by atoms with Crippen molar-refractivity contribution in [2.24, 2.45) is 0 Å². The molecule has 42 heavy (non-hydrogen) atoms. The highest BCUT2D eigenvalue weighted by molar-refractivity contribution is 5.74. The van der Waals surface area contributed by atoms with Gasteiger partial charge in [0.1, 0.15) is 31.0 Å². The van der Waals surface area contributed by atoms with Crippen molar-refractivity contribution in [1.29, 1.82) is 0 Å². The highest BCUT2D eigenvalue weighted by Crippen LogP contribution is 2.34. The summed E-state index contributed by atoms with van der Waals surface area (Å²) in [6, 6.07) is -1.34. The molecule has 0 aromatic heterocycles. The Balaban J connectivity index is 2.58. The Morgan fingerprint density at radius 1 is 0.571 bits per heavy atom. The number of hydrogen-bond donors (Lipinski definition) is 2. The minimum absolute atomic E-state index is 0.251. The van der Waals surface area contributed by atoms with E-state index in [-0.39, 0.29) is 6.54 Å². The summed E-state index contributed by atoms with van der Waals surface area (Å²) < 4.78 is 44.3. The lowest BCUT2D eigenvalue weighted by Gasteiger charge is -2.46. The molecule has 2 aliphatic rings. The van der Waals surface area contributed by atoms with Gasteiger partial charge in [-0.25, -0.2) is 0 Å². The summed E-state index contributed by atoms with van der Waals surface area (Å²) in [4.78, 5) is 83.3. The van der Waals surface area contributed by atoms with Crippen LogP contribution < -0.4 is 10.6 Å². The fourth-order valence-electron chi connectivity index (χ4n) is 4.40. The maximum atomic E-state index is 12.2. The molecule has 0 saturated carbocycles. The molecule has 2 rings (SSSR count). The summed E-state index contributed by atoms with van der Waals surface area (Å²) in [7, 11) is 0. The number of amides is 2. The molecule has 236 valence electrons. The third-order valence-corrected chi connectivity index (χ3v) is 5.77. The van der Waals surface area contributed by atoms with Crippen molar-refractivity contribution in [3.63, 3.8) is 0 Å². The molecule has 0 aromatic rings. The Morgan fingerprint density at radius 3 is 1.60 bits per heavy atom. The first kappa shape index (κ1) is 34.4. The molecule has 2 saturated heterocycles. The lowest BCUT2D eigenvalue weighted by atomic mass is 9.95. The quantitative estimate of drug-likeness (QED) is 0.200. The average molecular weight is 605 g/mol. The third-order valence-electron chi connectivity index (χ3n) is 5.77. The Kier molecular flexibility index (Phi) is 12.6. The van der Waals surface area contributed by atoms with Gasteiger partial charge in [-0.3, -0.25) is 33.6 Å². The summed E-state index contributed by atoms with van der Waals surface area (Å²) in [6.07, 6.45) is -10.9. The van der Waals surface area contributed by atoms with Gasteiger partial charge in [0.15, 0.2) is 24.6 Å². The molecule has 2 fully saturated rings. The number of carbonyl (C=O) groups excluding carboxylic acids is 7. The van der Waals surface area contributed by atoms with Crippen molar-refractivity contribution in [2.75, 3.05) is 13.2 Å². The summed E-state index contributed by atoms with van der Waals surface area (Å²) in [6.45, 7) is 7.21. The zero-order valence-corrected chi connectivity index (χ0v) is 24.2. The highest BCUT2D eigenvalue weighted by Gasteiger charge is 2.56. The predicted molar refractivity (Wildman–Crippen MR) is 134 cm³/mol. The van der Waals surface area contributed by atoms with Crippen LogP contribution in [0.4, 0.5) is 0 Å². The largest absolute Gasteiger partial charge is 0.463 e. The molecule has 2 aliphatic heterocycles. The van der Waals surface area contributed by atoms with Crippen molar-refractivity contribution in [1.82, 2.24) is 10.6 Å². The van der Waals surface area contributed by atoms with E-state index < -0.39 is 104 Å². The molecule has 9 atom stereocenters. The van der Waals surface area contributed by atoms with Gasteiger partial charge in [0.25, 0.3) is 0 Å². The first-order valence-corrected chi connectivity index (χ1v) is 12.9. The van der Waals surface area contributed by atoms with E-state index in [2.05, 4.69) is 10.6 Å². The molecule has 2 heterocycles. The molecule has 1 unspecified atom stereocenters. The van der Waals surface area contributed by atoms with Gasteiger partial charge >= 0.3 is 29.8 Å². The van der Waals surface area contributed by atoms with E-state index in [1.54, 1.807) is 0 Å². The van der Waals surface area contributed by atoms with Crippen molar-refractivity contribution >= 4 is 41.7 Å². The van der Waals surface area contributed by atoms with Gasteiger partial charge < -0.3 is 48.5 Å². The fraction of sp³-hybridized carbons (Fsp3) is 0.720. The maximum absolute atomic E-state index is 12.2. The summed E-state index contributed by atoms with van der Waals surface area (Å²) in [5, 5.41) is 5.07. The minimum Gasteiger partial charge on any atom is -0.463 e. The Hall–Kier alpha value is -3.83. The zero-order valence-electron chi connectivity index (χ0n) is 24.2. The van der Waals surface area contributed by atoms with Crippen LogP contribution in [0.3, 0.4) is 0 Å². The monoisotopic (exact) mass is 604 g/mol. The van der Waals surface area contributed by atoms with Crippen molar-refractivity contribution in [3.05, 3.63) is 0 Å². The molecular formula is C25H36N2O15. The SMILES string of the molecule is CC(=O)NC[C@@H]1O[C@H](O[C@@H]2[C@@H](COC(C)=O)OC(OC(C)=O)[C@@H]2OC(C)=O)[C@H](NC(C)=O)[C@@H](OC(C)=O)[C@@H]1OC(C)=O. The van der Waals surface area contributed by atoms with Crippen LogP contribution in [0.5, 0.6) is 0 Å². The number of carbonyl (C=O) groups is 7. The second-order valence-corrected chi connectivity index (χ2v) is 9.48. The molecule has 17 nitrogen and oxygen atoms in total. The van der Waals surface area contributed by atoms with Gasteiger partial charge in [-0.05, 0) is 0 Å². The van der Waals surface area contributed by atoms with Gasteiger partial charge in [-0.1, -0.05) is 0 Å². The fourth-order valence-corrected chi connectivity index (χ4v) is 4.40. The zero-order chi connectivity index (χ0) is 31.7. The Bertz CT molecular complexity index is 1050. The maximum Gasteiger partial charge on any atom is 0.305 e. The molecule has 0 aliphatic carbocycles. The van der Waals surface area contributed by atoms with Crippen LogP contribution >= 0.6 is 0 Å². The molecule has 0 spiro atoms. The van der Waals surface area contributed by atoms with Gasteiger partial charge in [0.05, 0.1) is 0 Å². The summed E-state index contributed by atoms with van der Waals surface area (Å²) in [5.74, 6) is -4.95. The number of nitrogens with one attached hydrogen (secondary N) is 2. The second kappa shape index (κ2) is 15.4. The van der Waals surface area contributed by atoms with E-state index in [4.69, 9.17) is 37.9 Å².